The number of benzene rings is 3. The molecule has 9 heteroatoms. The first-order valence-corrected chi connectivity index (χ1v) is 10.9. The topological polar surface area (TPSA) is 88.2 Å². The van der Waals surface area contributed by atoms with E-state index < -0.39 is 10.0 Å². The molecule has 144 valence electrons. The largest absolute Gasteiger partial charge is 0.321 e. The van der Waals surface area contributed by atoms with Crippen molar-refractivity contribution < 1.29 is 17.6 Å². The number of sulfonamides is 1. The molecule has 0 unspecified atom stereocenters. The van der Waals surface area contributed by atoms with Crippen LogP contribution in [-0.4, -0.2) is 19.3 Å². The van der Waals surface area contributed by atoms with E-state index >= 15 is 0 Å². The van der Waals surface area contributed by atoms with Crippen molar-refractivity contribution >= 4 is 48.9 Å². The highest BCUT2D eigenvalue weighted by molar-refractivity contribution is 7.93. The van der Waals surface area contributed by atoms with Gasteiger partial charge in [-0.1, -0.05) is 12.1 Å². The van der Waals surface area contributed by atoms with Gasteiger partial charge in [-0.3, -0.25) is 9.52 Å². The molecular weight excluding hydrogens is 413 g/mol. The van der Waals surface area contributed by atoms with Gasteiger partial charge in [0.05, 0.1) is 10.6 Å². The molecule has 0 radical (unpaired) electrons. The number of aromatic nitrogens is 1. The van der Waals surface area contributed by atoms with E-state index in [4.69, 9.17) is 0 Å². The first-order chi connectivity index (χ1) is 13.9. The second kappa shape index (κ2) is 6.36. The van der Waals surface area contributed by atoms with Crippen LogP contribution in [0.1, 0.15) is 10.4 Å². The summed E-state index contributed by atoms with van der Waals surface area (Å²) >= 11 is 1.13. The molecule has 0 saturated carbocycles. The lowest BCUT2D eigenvalue weighted by atomic mass is 10.1. The summed E-state index contributed by atoms with van der Waals surface area (Å²) in [7, 11) is -3.94. The Bertz CT molecular complexity index is 1400. The maximum absolute atomic E-state index is 13.1. The Kier molecular flexibility index (Phi) is 3.90. The van der Waals surface area contributed by atoms with Gasteiger partial charge < -0.3 is 5.32 Å². The van der Waals surface area contributed by atoms with Crippen LogP contribution < -0.4 is 10.0 Å². The molecule has 1 aromatic heterocycles. The summed E-state index contributed by atoms with van der Waals surface area (Å²) in [6, 6.07) is 13.8. The van der Waals surface area contributed by atoms with Gasteiger partial charge in [0.25, 0.3) is 15.9 Å². The molecule has 3 aromatic carbocycles. The highest BCUT2D eigenvalue weighted by atomic mass is 32.2. The molecule has 29 heavy (non-hydrogen) atoms. The second-order valence-corrected chi connectivity index (χ2v) is 8.95. The van der Waals surface area contributed by atoms with E-state index in [1.165, 1.54) is 18.2 Å². The standard InChI is InChI=1S/C20H12FN3O3S2/c21-12-6-4-11(5-7-12)16-10-28-20(23-16)24-29(26,27)17-9-8-15-18-13(17)2-1-3-14(18)19(25)22-15/h1-10H,(H,22,25)(H,23,24). The van der Waals surface area contributed by atoms with Crippen LogP contribution in [0.4, 0.5) is 15.2 Å². The number of anilines is 2. The smallest absolute Gasteiger partial charge is 0.264 e. The molecule has 1 aliphatic rings. The molecule has 2 heterocycles. The van der Waals surface area contributed by atoms with Crippen molar-refractivity contribution in [2.75, 3.05) is 10.0 Å². The molecule has 0 atom stereocenters. The minimum atomic E-state index is -3.94. The van der Waals surface area contributed by atoms with Crippen molar-refractivity contribution in [3.63, 3.8) is 0 Å². The molecule has 0 fully saturated rings. The number of halogens is 1. The molecule has 0 aliphatic carbocycles. The predicted molar refractivity (Wildman–Crippen MR) is 110 cm³/mol. The van der Waals surface area contributed by atoms with Crippen LogP contribution in [0.3, 0.4) is 0 Å². The Morgan fingerprint density at radius 3 is 2.62 bits per heavy atom. The normalized spacial score (nSPS) is 12.9. The number of nitrogens with one attached hydrogen (secondary N) is 2. The zero-order chi connectivity index (χ0) is 20.2. The Balaban J connectivity index is 1.53. The van der Waals surface area contributed by atoms with Crippen LogP contribution in [-0.2, 0) is 10.0 Å². The molecule has 6 nitrogen and oxygen atoms in total. The number of hydrogen-bond acceptors (Lipinski definition) is 5. The van der Waals surface area contributed by atoms with E-state index in [9.17, 15) is 17.6 Å². The summed E-state index contributed by atoms with van der Waals surface area (Å²) < 4.78 is 41.7. The lowest BCUT2D eigenvalue weighted by molar-refractivity contribution is 0.103. The zero-order valence-corrected chi connectivity index (χ0v) is 16.3. The van der Waals surface area contributed by atoms with E-state index in [0.29, 0.717) is 33.3 Å². The summed E-state index contributed by atoms with van der Waals surface area (Å²) in [4.78, 5) is 16.4. The van der Waals surface area contributed by atoms with Crippen LogP contribution in [0.2, 0.25) is 0 Å². The Morgan fingerprint density at radius 2 is 1.83 bits per heavy atom. The fraction of sp³-hybridized carbons (Fsp3) is 0. The average Bonchev–Trinajstić information content (AvgIpc) is 3.28. The van der Waals surface area contributed by atoms with Gasteiger partial charge in [-0.05, 0) is 42.5 Å². The number of amides is 1. The number of rotatable bonds is 4. The van der Waals surface area contributed by atoms with Gasteiger partial charge in [0, 0.05) is 33.0 Å². The molecule has 0 saturated heterocycles. The fourth-order valence-corrected chi connectivity index (χ4v) is 5.52. The van der Waals surface area contributed by atoms with Crippen molar-refractivity contribution in [1.29, 1.82) is 0 Å². The molecular formula is C20H12FN3O3S2. The van der Waals surface area contributed by atoms with Crippen LogP contribution in [0.15, 0.2) is 64.9 Å². The van der Waals surface area contributed by atoms with Crippen LogP contribution in [0.5, 0.6) is 0 Å². The highest BCUT2D eigenvalue weighted by Crippen LogP contribution is 2.37. The van der Waals surface area contributed by atoms with Gasteiger partial charge in [0.2, 0.25) is 0 Å². The predicted octanol–water partition coefficient (Wildman–Crippen LogP) is 4.47. The van der Waals surface area contributed by atoms with Crippen molar-refractivity contribution in [1.82, 2.24) is 4.98 Å². The first-order valence-electron chi connectivity index (χ1n) is 8.54. The van der Waals surface area contributed by atoms with Crippen molar-refractivity contribution in [3.05, 3.63) is 71.4 Å². The molecule has 0 bridgehead atoms. The lowest BCUT2D eigenvalue weighted by Gasteiger charge is -2.09. The zero-order valence-electron chi connectivity index (χ0n) is 14.6. The molecule has 1 amide bonds. The van der Waals surface area contributed by atoms with Gasteiger partial charge >= 0.3 is 0 Å². The molecule has 0 spiro atoms. The molecule has 1 aliphatic heterocycles. The van der Waals surface area contributed by atoms with E-state index in [0.717, 1.165) is 11.3 Å². The summed E-state index contributed by atoms with van der Waals surface area (Å²) in [6.45, 7) is 0. The van der Waals surface area contributed by atoms with Crippen LogP contribution >= 0.6 is 11.3 Å². The van der Waals surface area contributed by atoms with Crippen molar-refractivity contribution in [2.24, 2.45) is 0 Å². The first kappa shape index (κ1) is 17.8. The minimum absolute atomic E-state index is 0.0631. The summed E-state index contributed by atoms with van der Waals surface area (Å²) in [6.07, 6.45) is 0. The second-order valence-electron chi connectivity index (χ2n) is 6.44. The lowest BCUT2D eigenvalue weighted by Crippen LogP contribution is -2.13. The maximum atomic E-state index is 13.1. The maximum Gasteiger partial charge on any atom is 0.264 e. The Hall–Kier alpha value is -3.30. The number of nitrogens with zero attached hydrogens (tertiary/aromatic N) is 1. The van der Waals surface area contributed by atoms with Gasteiger partial charge in [-0.25, -0.2) is 17.8 Å². The quantitative estimate of drug-likeness (QED) is 0.505. The monoisotopic (exact) mass is 425 g/mol. The van der Waals surface area contributed by atoms with Gasteiger partial charge in [0.1, 0.15) is 5.82 Å². The van der Waals surface area contributed by atoms with E-state index in [1.807, 2.05) is 0 Å². The van der Waals surface area contributed by atoms with Crippen LogP contribution in [0, 0.1) is 5.82 Å². The summed E-state index contributed by atoms with van der Waals surface area (Å²) in [5, 5.41) is 5.67. The Labute approximate surface area is 169 Å². The molecule has 5 rings (SSSR count). The minimum Gasteiger partial charge on any atom is -0.321 e. The van der Waals surface area contributed by atoms with E-state index in [1.54, 1.807) is 41.8 Å². The third-order valence-corrected chi connectivity index (χ3v) is 6.93. The number of carbonyl (C=O) groups excluding carboxylic acids is 1. The van der Waals surface area contributed by atoms with Crippen molar-refractivity contribution in [3.8, 4) is 11.3 Å². The SMILES string of the molecule is O=C1Nc2ccc(S(=O)(=O)Nc3nc(-c4ccc(F)cc4)cs3)c3cccc1c23. The van der Waals surface area contributed by atoms with E-state index in [-0.39, 0.29) is 21.8 Å². The third kappa shape index (κ3) is 2.95. The van der Waals surface area contributed by atoms with E-state index in [2.05, 4.69) is 15.0 Å². The molecule has 2 N–H and O–H groups in total. The Morgan fingerprint density at radius 1 is 1.03 bits per heavy atom. The van der Waals surface area contributed by atoms with Crippen LogP contribution in [0.25, 0.3) is 22.0 Å². The third-order valence-electron chi connectivity index (χ3n) is 4.65. The number of thiazole rings is 1. The summed E-state index contributed by atoms with van der Waals surface area (Å²) in [5.74, 6) is -0.609. The average molecular weight is 425 g/mol. The van der Waals surface area contributed by atoms with Crippen molar-refractivity contribution in [2.45, 2.75) is 4.90 Å². The van der Waals surface area contributed by atoms with Gasteiger partial charge in [-0.15, -0.1) is 11.3 Å². The molecule has 4 aromatic rings. The van der Waals surface area contributed by atoms with Gasteiger partial charge in [-0.2, -0.15) is 0 Å². The summed E-state index contributed by atoms with van der Waals surface area (Å²) in [5.41, 5.74) is 2.26. The fourth-order valence-electron chi connectivity index (χ4n) is 3.34. The highest BCUT2D eigenvalue weighted by Gasteiger charge is 2.26. The number of hydrogen-bond donors (Lipinski definition) is 2. The number of carbonyl (C=O) groups is 1. The van der Waals surface area contributed by atoms with Gasteiger partial charge in [0.15, 0.2) is 5.13 Å².